The molecule has 1 aromatic heterocycles. The van der Waals surface area contributed by atoms with Crippen LogP contribution in [-0.4, -0.2) is 45.5 Å². The number of aliphatic hydroxyl groups excluding tert-OH is 1. The van der Waals surface area contributed by atoms with E-state index in [9.17, 15) is 4.79 Å². The Morgan fingerprint density at radius 3 is 2.79 bits per heavy atom. The third kappa shape index (κ3) is 4.90. The second kappa shape index (κ2) is 7.13. The van der Waals surface area contributed by atoms with E-state index in [1.165, 1.54) is 4.90 Å². The van der Waals surface area contributed by atoms with Crippen molar-refractivity contribution in [1.82, 2.24) is 14.7 Å². The highest BCUT2D eigenvalue weighted by Crippen LogP contribution is 2.07. The Morgan fingerprint density at radius 1 is 1.53 bits per heavy atom. The van der Waals surface area contributed by atoms with Crippen LogP contribution in [-0.2, 0) is 6.54 Å². The number of carbonyl (C=O) groups is 1. The van der Waals surface area contributed by atoms with Gasteiger partial charge in [0.05, 0.1) is 12.6 Å². The highest BCUT2D eigenvalue weighted by atomic mass is 16.3. The van der Waals surface area contributed by atoms with Crippen LogP contribution in [0.15, 0.2) is 12.3 Å². The van der Waals surface area contributed by atoms with Gasteiger partial charge in [0, 0.05) is 25.9 Å². The van der Waals surface area contributed by atoms with E-state index >= 15 is 0 Å². The number of hydrogen-bond acceptors (Lipinski definition) is 3. The van der Waals surface area contributed by atoms with Gasteiger partial charge in [-0.1, -0.05) is 13.8 Å². The molecule has 6 nitrogen and oxygen atoms in total. The number of aryl methyl sites for hydroxylation is 1. The van der Waals surface area contributed by atoms with Gasteiger partial charge in [0.15, 0.2) is 5.82 Å². The lowest BCUT2D eigenvalue weighted by Crippen LogP contribution is -2.40. The second-order valence-electron chi connectivity index (χ2n) is 5.22. The molecule has 0 unspecified atom stereocenters. The summed E-state index contributed by atoms with van der Waals surface area (Å²) in [4.78, 5) is 13.3. The first-order valence-corrected chi connectivity index (χ1v) is 6.62. The summed E-state index contributed by atoms with van der Waals surface area (Å²) in [6.07, 6.45) is 2.91. The lowest BCUT2D eigenvalue weighted by molar-refractivity contribution is 0.166. The third-order valence-corrected chi connectivity index (χ3v) is 3.06. The summed E-state index contributed by atoms with van der Waals surface area (Å²) in [6.45, 7) is 6.89. The van der Waals surface area contributed by atoms with Crippen LogP contribution < -0.4 is 5.32 Å². The Balaban J connectivity index is 2.51. The summed E-state index contributed by atoms with van der Waals surface area (Å²) < 4.78 is 1.82. The van der Waals surface area contributed by atoms with E-state index in [2.05, 4.69) is 24.3 Å². The van der Waals surface area contributed by atoms with Crippen LogP contribution in [0.1, 0.15) is 27.2 Å². The average molecular weight is 268 g/mol. The van der Waals surface area contributed by atoms with Crippen LogP contribution in [0.2, 0.25) is 0 Å². The van der Waals surface area contributed by atoms with E-state index in [4.69, 9.17) is 5.11 Å². The van der Waals surface area contributed by atoms with Gasteiger partial charge in [-0.25, -0.2) is 4.79 Å². The van der Waals surface area contributed by atoms with Crippen LogP contribution in [0.5, 0.6) is 0 Å². The molecule has 0 aliphatic heterocycles. The topological polar surface area (TPSA) is 70.4 Å². The molecule has 6 heteroatoms. The van der Waals surface area contributed by atoms with Crippen molar-refractivity contribution in [2.45, 2.75) is 39.8 Å². The summed E-state index contributed by atoms with van der Waals surface area (Å²) in [7, 11) is 1.64. The predicted molar refractivity (Wildman–Crippen MR) is 75.0 cm³/mol. The van der Waals surface area contributed by atoms with Crippen LogP contribution in [0.4, 0.5) is 10.6 Å². The minimum atomic E-state index is -0.268. The van der Waals surface area contributed by atoms with Gasteiger partial charge in [-0.05, 0) is 19.3 Å². The number of urea groups is 1. The molecule has 0 aromatic carbocycles. The summed E-state index contributed by atoms with van der Waals surface area (Å²) in [5, 5.41) is 16.0. The Bertz CT molecular complexity index is 403. The fourth-order valence-electron chi connectivity index (χ4n) is 1.46. The second-order valence-corrected chi connectivity index (χ2v) is 5.22. The van der Waals surface area contributed by atoms with Gasteiger partial charge < -0.3 is 10.0 Å². The smallest absolute Gasteiger partial charge is 0.323 e. The SMILES string of the molecule is CC(C)CCn1ccc(NC(=O)N(C)[C@H](C)CO)n1. The molecule has 0 aliphatic carbocycles. The molecule has 0 aliphatic rings. The van der Waals surface area contributed by atoms with Gasteiger partial charge in [-0.15, -0.1) is 0 Å². The molecular weight excluding hydrogens is 244 g/mol. The molecule has 0 radical (unpaired) electrons. The number of nitrogens with zero attached hydrogens (tertiary/aromatic N) is 3. The average Bonchev–Trinajstić information content (AvgIpc) is 2.82. The van der Waals surface area contributed by atoms with Crippen molar-refractivity contribution in [3.63, 3.8) is 0 Å². The fourth-order valence-corrected chi connectivity index (χ4v) is 1.46. The van der Waals surface area contributed by atoms with Crippen LogP contribution >= 0.6 is 0 Å². The first-order chi connectivity index (χ1) is 8.93. The number of likely N-dealkylation sites (N-methyl/N-ethyl adjacent to an activating group) is 1. The molecule has 0 fully saturated rings. The first-order valence-electron chi connectivity index (χ1n) is 6.62. The summed E-state index contributed by atoms with van der Waals surface area (Å²) in [6, 6.07) is 1.29. The van der Waals surface area contributed by atoms with Gasteiger partial charge in [0.25, 0.3) is 0 Å². The van der Waals surface area contributed by atoms with Crippen molar-refractivity contribution in [1.29, 1.82) is 0 Å². The molecule has 19 heavy (non-hydrogen) atoms. The predicted octanol–water partition coefficient (Wildman–Crippen LogP) is 1.77. The number of amides is 2. The molecule has 0 saturated carbocycles. The standard InChI is InChI=1S/C13H24N4O2/c1-10(2)5-7-17-8-6-12(15-17)14-13(19)16(4)11(3)9-18/h6,8,10-11,18H,5,7,9H2,1-4H3,(H,14,15,19)/t11-/m1/s1. The zero-order chi connectivity index (χ0) is 14.4. The maximum absolute atomic E-state index is 11.8. The monoisotopic (exact) mass is 268 g/mol. The van der Waals surface area contributed by atoms with E-state index < -0.39 is 0 Å². The molecule has 0 saturated heterocycles. The van der Waals surface area contributed by atoms with Gasteiger partial charge in [-0.3, -0.25) is 10.00 Å². The summed E-state index contributed by atoms with van der Waals surface area (Å²) >= 11 is 0. The van der Waals surface area contributed by atoms with Crippen molar-refractivity contribution in [3.8, 4) is 0 Å². The molecular formula is C13H24N4O2. The molecule has 2 amide bonds. The quantitative estimate of drug-likeness (QED) is 0.826. The van der Waals surface area contributed by atoms with Gasteiger partial charge >= 0.3 is 6.03 Å². The maximum Gasteiger partial charge on any atom is 0.323 e. The van der Waals surface area contributed by atoms with E-state index in [1.807, 2.05) is 10.9 Å². The number of aromatic nitrogens is 2. The van der Waals surface area contributed by atoms with Gasteiger partial charge in [0.2, 0.25) is 0 Å². The Morgan fingerprint density at radius 2 is 2.21 bits per heavy atom. The van der Waals surface area contributed by atoms with Gasteiger partial charge in [0.1, 0.15) is 0 Å². The number of aliphatic hydroxyl groups is 1. The van der Waals surface area contributed by atoms with Crippen molar-refractivity contribution in [2.75, 3.05) is 19.0 Å². The Hall–Kier alpha value is -1.56. The molecule has 0 bridgehead atoms. The van der Waals surface area contributed by atoms with E-state index in [0.29, 0.717) is 11.7 Å². The number of anilines is 1. The summed E-state index contributed by atoms with van der Waals surface area (Å²) in [5.74, 6) is 1.16. The normalized spacial score (nSPS) is 12.5. The third-order valence-electron chi connectivity index (χ3n) is 3.06. The fraction of sp³-hybridized carbons (Fsp3) is 0.692. The lowest BCUT2D eigenvalue weighted by atomic mass is 10.1. The number of hydrogen-bond donors (Lipinski definition) is 2. The first kappa shape index (κ1) is 15.5. The maximum atomic E-state index is 11.8. The van der Waals surface area contributed by atoms with Crippen molar-refractivity contribution >= 4 is 11.8 Å². The molecule has 1 atom stereocenters. The Labute approximate surface area is 114 Å². The Kier molecular flexibility index (Phi) is 5.82. The highest BCUT2D eigenvalue weighted by molar-refractivity contribution is 5.88. The summed E-state index contributed by atoms with van der Waals surface area (Å²) in [5.41, 5.74) is 0. The van der Waals surface area contributed by atoms with Crippen LogP contribution in [0.3, 0.4) is 0 Å². The number of nitrogens with one attached hydrogen (secondary N) is 1. The van der Waals surface area contributed by atoms with Crippen molar-refractivity contribution < 1.29 is 9.90 Å². The zero-order valence-electron chi connectivity index (χ0n) is 12.1. The molecule has 1 heterocycles. The van der Waals surface area contributed by atoms with E-state index in [0.717, 1.165) is 13.0 Å². The minimum Gasteiger partial charge on any atom is -0.394 e. The molecule has 1 rings (SSSR count). The number of rotatable bonds is 6. The molecule has 0 spiro atoms. The van der Waals surface area contributed by atoms with E-state index in [-0.39, 0.29) is 18.7 Å². The number of carbonyl (C=O) groups excluding carboxylic acids is 1. The van der Waals surface area contributed by atoms with Gasteiger partial charge in [-0.2, -0.15) is 5.10 Å². The van der Waals surface area contributed by atoms with Crippen molar-refractivity contribution in [3.05, 3.63) is 12.3 Å². The molecule has 1 aromatic rings. The lowest BCUT2D eigenvalue weighted by Gasteiger charge is -2.22. The molecule has 108 valence electrons. The highest BCUT2D eigenvalue weighted by Gasteiger charge is 2.15. The van der Waals surface area contributed by atoms with Crippen molar-refractivity contribution in [2.24, 2.45) is 5.92 Å². The van der Waals surface area contributed by atoms with Crippen LogP contribution in [0.25, 0.3) is 0 Å². The molecule has 2 N–H and O–H groups in total. The van der Waals surface area contributed by atoms with E-state index in [1.54, 1.807) is 20.0 Å². The largest absolute Gasteiger partial charge is 0.394 e. The zero-order valence-corrected chi connectivity index (χ0v) is 12.1. The van der Waals surface area contributed by atoms with Crippen LogP contribution in [0, 0.1) is 5.92 Å². The minimum absolute atomic E-state index is 0.0627.